The molecule has 1 unspecified atom stereocenters. The van der Waals surface area contributed by atoms with Crippen molar-refractivity contribution in [2.24, 2.45) is 0 Å². The average molecular weight is 219 g/mol. The molecule has 0 saturated heterocycles. The van der Waals surface area contributed by atoms with Crippen LogP contribution in [0.2, 0.25) is 0 Å². The fraction of sp³-hybridized carbons (Fsp3) is 0.462. The van der Waals surface area contributed by atoms with Crippen LogP contribution in [0.5, 0.6) is 0 Å². The van der Waals surface area contributed by atoms with Crippen LogP contribution in [0.3, 0.4) is 0 Å². The summed E-state index contributed by atoms with van der Waals surface area (Å²) in [6, 6.07) is 12.0. The highest BCUT2D eigenvalue weighted by Crippen LogP contribution is 2.21. The van der Waals surface area contributed by atoms with Crippen molar-refractivity contribution in [1.29, 1.82) is 5.26 Å². The first kappa shape index (κ1) is 12.7. The second-order valence-electron chi connectivity index (χ2n) is 3.69. The van der Waals surface area contributed by atoms with Gasteiger partial charge >= 0.3 is 0 Å². The normalized spacial score (nSPS) is 14.1. The molecule has 1 aromatic rings. The zero-order chi connectivity index (χ0) is 11.9. The van der Waals surface area contributed by atoms with E-state index in [1.54, 1.807) is 0 Å². The molecule has 0 saturated carbocycles. The summed E-state index contributed by atoms with van der Waals surface area (Å²) >= 11 is 0. The standard InChI is InChI=1S/C13H17NO2/c1-2-13(11-14,16-9-8-15)10-12-6-4-3-5-7-12/h3-7,15H,2,8-10H2,1H3. The van der Waals surface area contributed by atoms with Crippen molar-refractivity contribution in [3.8, 4) is 6.07 Å². The molecule has 0 amide bonds. The van der Waals surface area contributed by atoms with E-state index in [2.05, 4.69) is 6.07 Å². The van der Waals surface area contributed by atoms with Gasteiger partial charge in [0.25, 0.3) is 0 Å². The number of aliphatic hydroxyl groups excluding tert-OH is 1. The number of ether oxygens (including phenoxy) is 1. The molecular formula is C13H17NO2. The molecule has 1 N–H and O–H groups in total. The third-order valence-corrected chi connectivity index (χ3v) is 2.58. The average Bonchev–Trinajstić information content (AvgIpc) is 2.36. The maximum Gasteiger partial charge on any atom is 0.158 e. The van der Waals surface area contributed by atoms with Gasteiger partial charge in [0.1, 0.15) is 0 Å². The van der Waals surface area contributed by atoms with E-state index < -0.39 is 5.60 Å². The van der Waals surface area contributed by atoms with Crippen molar-refractivity contribution in [2.75, 3.05) is 13.2 Å². The van der Waals surface area contributed by atoms with Crippen molar-refractivity contribution < 1.29 is 9.84 Å². The first-order valence-corrected chi connectivity index (χ1v) is 5.46. The molecule has 0 aliphatic heterocycles. The van der Waals surface area contributed by atoms with Gasteiger partial charge in [-0.3, -0.25) is 0 Å². The van der Waals surface area contributed by atoms with E-state index >= 15 is 0 Å². The zero-order valence-corrected chi connectivity index (χ0v) is 9.52. The van der Waals surface area contributed by atoms with Crippen LogP contribution < -0.4 is 0 Å². The molecule has 0 aliphatic carbocycles. The van der Waals surface area contributed by atoms with Gasteiger partial charge in [-0.2, -0.15) is 5.26 Å². The van der Waals surface area contributed by atoms with E-state index in [4.69, 9.17) is 9.84 Å². The van der Waals surface area contributed by atoms with Crippen LogP contribution in [0.15, 0.2) is 30.3 Å². The number of nitriles is 1. The fourth-order valence-electron chi connectivity index (χ4n) is 1.60. The number of benzene rings is 1. The van der Waals surface area contributed by atoms with Crippen LogP contribution in [-0.4, -0.2) is 23.9 Å². The first-order chi connectivity index (χ1) is 7.76. The summed E-state index contributed by atoms with van der Waals surface area (Å²) in [5.74, 6) is 0. The second-order valence-corrected chi connectivity index (χ2v) is 3.69. The van der Waals surface area contributed by atoms with E-state index in [0.29, 0.717) is 12.8 Å². The summed E-state index contributed by atoms with van der Waals surface area (Å²) in [6.45, 7) is 2.07. The Labute approximate surface area is 96.3 Å². The number of hydrogen-bond donors (Lipinski definition) is 1. The summed E-state index contributed by atoms with van der Waals surface area (Å²) in [6.07, 6.45) is 1.17. The topological polar surface area (TPSA) is 53.2 Å². The molecule has 0 radical (unpaired) electrons. The Balaban J connectivity index is 2.75. The fourth-order valence-corrected chi connectivity index (χ4v) is 1.60. The summed E-state index contributed by atoms with van der Waals surface area (Å²) in [5.41, 5.74) is 0.258. The van der Waals surface area contributed by atoms with Crippen molar-refractivity contribution in [3.05, 3.63) is 35.9 Å². The van der Waals surface area contributed by atoms with Crippen molar-refractivity contribution in [3.63, 3.8) is 0 Å². The molecular weight excluding hydrogens is 202 g/mol. The van der Waals surface area contributed by atoms with Gasteiger partial charge in [-0.05, 0) is 12.0 Å². The van der Waals surface area contributed by atoms with Gasteiger partial charge in [0.15, 0.2) is 5.60 Å². The molecule has 3 heteroatoms. The second kappa shape index (κ2) is 6.26. The van der Waals surface area contributed by atoms with Crippen molar-refractivity contribution >= 4 is 0 Å². The van der Waals surface area contributed by atoms with Gasteiger partial charge in [-0.25, -0.2) is 0 Å². The van der Waals surface area contributed by atoms with Gasteiger partial charge in [0.2, 0.25) is 0 Å². The number of aliphatic hydroxyl groups is 1. The lowest BCUT2D eigenvalue weighted by Gasteiger charge is -2.25. The van der Waals surface area contributed by atoms with Gasteiger partial charge in [0, 0.05) is 6.42 Å². The van der Waals surface area contributed by atoms with Crippen LogP contribution in [0, 0.1) is 11.3 Å². The highest BCUT2D eigenvalue weighted by molar-refractivity contribution is 5.20. The van der Waals surface area contributed by atoms with Crippen LogP contribution in [0.4, 0.5) is 0 Å². The van der Waals surface area contributed by atoms with E-state index in [1.165, 1.54) is 0 Å². The molecule has 0 heterocycles. The van der Waals surface area contributed by atoms with E-state index in [-0.39, 0.29) is 13.2 Å². The number of nitrogens with zero attached hydrogens (tertiary/aromatic N) is 1. The molecule has 1 atom stereocenters. The molecule has 1 aromatic carbocycles. The summed E-state index contributed by atoms with van der Waals surface area (Å²) < 4.78 is 5.47. The lowest BCUT2D eigenvalue weighted by Crippen LogP contribution is -2.33. The van der Waals surface area contributed by atoms with Crippen LogP contribution in [0.25, 0.3) is 0 Å². The largest absolute Gasteiger partial charge is 0.394 e. The summed E-state index contributed by atoms with van der Waals surface area (Å²) in [7, 11) is 0. The van der Waals surface area contributed by atoms with Gasteiger partial charge in [-0.15, -0.1) is 0 Å². The van der Waals surface area contributed by atoms with Crippen LogP contribution >= 0.6 is 0 Å². The highest BCUT2D eigenvalue weighted by atomic mass is 16.5. The Morgan fingerprint density at radius 1 is 1.38 bits per heavy atom. The summed E-state index contributed by atoms with van der Waals surface area (Å²) in [4.78, 5) is 0. The quantitative estimate of drug-likeness (QED) is 0.795. The molecule has 0 bridgehead atoms. The molecule has 16 heavy (non-hydrogen) atoms. The van der Waals surface area contributed by atoms with Gasteiger partial charge < -0.3 is 9.84 Å². The lowest BCUT2D eigenvalue weighted by molar-refractivity contribution is -0.0215. The SMILES string of the molecule is CCC(C#N)(Cc1ccccc1)OCCO. The first-order valence-electron chi connectivity index (χ1n) is 5.46. The predicted octanol–water partition coefficient (Wildman–Crippen LogP) is 1.91. The smallest absolute Gasteiger partial charge is 0.158 e. The predicted molar refractivity (Wildman–Crippen MR) is 61.8 cm³/mol. The van der Waals surface area contributed by atoms with Crippen LogP contribution in [-0.2, 0) is 11.2 Å². The maximum absolute atomic E-state index is 9.21. The Morgan fingerprint density at radius 2 is 2.06 bits per heavy atom. The lowest BCUT2D eigenvalue weighted by atomic mass is 9.93. The zero-order valence-electron chi connectivity index (χ0n) is 9.52. The number of rotatable bonds is 6. The van der Waals surface area contributed by atoms with Crippen molar-refractivity contribution in [2.45, 2.75) is 25.4 Å². The maximum atomic E-state index is 9.21. The molecule has 0 fully saturated rings. The minimum Gasteiger partial charge on any atom is -0.394 e. The Bertz CT molecular complexity index is 345. The molecule has 0 aromatic heterocycles. The molecule has 0 aliphatic rings. The molecule has 1 rings (SSSR count). The van der Waals surface area contributed by atoms with Crippen LogP contribution in [0.1, 0.15) is 18.9 Å². The Morgan fingerprint density at radius 3 is 2.56 bits per heavy atom. The minimum absolute atomic E-state index is 0.0573. The van der Waals surface area contributed by atoms with E-state index in [0.717, 1.165) is 5.56 Å². The third-order valence-electron chi connectivity index (χ3n) is 2.58. The van der Waals surface area contributed by atoms with Gasteiger partial charge in [0.05, 0.1) is 19.3 Å². The van der Waals surface area contributed by atoms with Crippen molar-refractivity contribution in [1.82, 2.24) is 0 Å². The molecule has 0 spiro atoms. The van der Waals surface area contributed by atoms with E-state index in [1.807, 2.05) is 37.3 Å². The Kier molecular flexibility index (Phi) is 4.97. The molecule has 86 valence electrons. The number of hydrogen-bond acceptors (Lipinski definition) is 3. The summed E-state index contributed by atoms with van der Waals surface area (Å²) in [5, 5.41) is 18.0. The van der Waals surface area contributed by atoms with Gasteiger partial charge in [-0.1, -0.05) is 37.3 Å². The Hall–Kier alpha value is -1.37. The minimum atomic E-state index is -0.815. The highest BCUT2D eigenvalue weighted by Gasteiger charge is 2.28. The third kappa shape index (κ3) is 3.34. The van der Waals surface area contributed by atoms with E-state index in [9.17, 15) is 5.26 Å². The monoisotopic (exact) mass is 219 g/mol. The molecule has 3 nitrogen and oxygen atoms in total.